The summed E-state index contributed by atoms with van der Waals surface area (Å²) in [6.45, 7) is 4.49. The molecule has 1 aliphatic heterocycles. The van der Waals surface area contributed by atoms with Crippen LogP contribution < -0.4 is 5.32 Å². The molecule has 0 aliphatic carbocycles. The van der Waals surface area contributed by atoms with Crippen molar-refractivity contribution in [1.29, 1.82) is 0 Å². The molecule has 1 saturated heterocycles. The first-order valence-electron chi connectivity index (χ1n) is 7.48. The number of rotatable bonds is 5. The zero-order chi connectivity index (χ0) is 14.5. The van der Waals surface area contributed by atoms with Gasteiger partial charge in [-0.1, -0.05) is 35.7 Å². The molecular weight excluding hydrogens is 291 g/mol. The summed E-state index contributed by atoms with van der Waals surface area (Å²) in [5.41, 5.74) is 1.19. The first kappa shape index (κ1) is 16.1. The highest BCUT2D eigenvalue weighted by Gasteiger charge is 2.27. The molecule has 2 unspecified atom stereocenters. The Hall–Kier alpha value is -0.280. The third-order valence-electron chi connectivity index (χ3n) is 4.31. The van der Waals surface area contributed by atoms with E-state index in [4.69, 9.17) is 23.2 Å². The summed E-state index contributed by atoms with van der Waals surface area (Å²) in [4.78, 5) is 2.61. The van der Waals surface area contributed by atoms with E-state index in [0.29, 0.717) is 17.1 Å². The summed E-state index contributed by atoms with van der Waals surface area (Å²) >= 11 is 12.4. The number of piperidine rings is 1. The van der Waals surface area contributed by atoms with Crippen LogP contribution in [-0.2, 0) is 0 Å². The smallest absolute Gasteiger partial charge is 0.0468 e. The van der Waals surface area contributed by atoms with Crippen molar-refractivity contribution in [3.05, 3.63) is 33.8 Å². The molecule has 2 atom stereocenters. The van der Waals surface area contributed by atoms with Crippen LogP contribution in [0.2, 0.25) is 10.0 Å². The van der Waals surface area contributed by atoms with Crippen LogP contribution in [0.3, 0.4) is 0 Å². The van der Waals surface area contributed by atoms with E-state index >= 15 is 0 Å². The molecule has 1 fully saturated rings. The number of nitrogens with zero attached hydrogens (tertiary/aromatic N) is 1. The second kappa shape index (κ2) is 7.65. The summed E-state index contributed by atoms with van der Waals surface area (Å²) in [5, 5.41) is 4.75. The zero-order valence-corrected chi connectivity index (χ0v) is 13.8. The molecule has 1 N–H and O–H groups in total. The number of likely N-dealkylation sites (tertiary alicyclic amines) is 1. The van der Waals surface area contributed by atoms with Gasteiger partial charge in [0.2, 0.25) is 0 Å². The fraction of sp³-hybridized carbons (Fsp3) is 0.625. The molecule has 4 heteroatoms. The summed E-state index contributed by atoms with van der Waals surface area (Å²) < 4.78 is 0. The quantitative estimate of drug-likeness (QED) is 0.859. The van der Waals surface area contributed by atoms with E-state index in [-0.39, 0.29) is 0 Å². The maximum Gasteiger partial charge on any atom is 0.0468 e. The Labute approximate surface area is 132 Å². The Kier molecular flexibility index (Phi) is 6.16. The molecule has 112 valence electrons. The van der Waals surface area contributed by atoms with Gasteiger partial charge in [0, 0.05) is 22.1 Å². The fourth-order valence-corrected chi connectivity index (χ4v) is 3.74. The van der Waals surface area contributed by atoms with Crippen LogP contribution >= 0.6 is 23.2 Å². The average molecular weight is 315 g/mol. The minimum Gasteiger partial charge on any atom is -0.320 e. The van der Waals surface area contributed by atoms with Crippen LogP contribution in [0.15, 0.2) is 18.2 Å². The minimum absolute atomic E-state index is 0.349. The Bertz CT molecular complexity index is 436. The molecule has 0 bridgehead atoms. The second-order valence-corrected chi connectivity index (χ2v) is 6.47. The lowest BCUT2D eigenvalue weighted by atomic mass is 9.95. The number of hydrogen-bond acceptors (Lipinski definition) is 2. The van der Waals surface area contributed by atoms with Crippen LogP contribution in [0.4, 0.5) is 0 Å². The van der Waals surface area contributed by atoms with Gasteiger partial charge < -0.3 is 5.32 Å². The summed E-state index contributed by atoms with van der Waals surface area (Å²) in [7, 11) is 2.02. The van der Waals surface area contributed by atoms with Crippen LogP contribution in [0.5, 0.6) is 0 Å². The lowest BCUT2D eigenvalue weighted by Crippen LogP contribution is -2.42. The van der Waals surface area contributed by atoms with Crippen molar-refractivity contribution in [2.24, 2.45) is 0 Å². The molecule has 1 aromatic carbocycles. The van der Waals surface area contributed by atoms with E-state index in [1.807, 2.05) is 19.2 Å². The molecule has 1 heterocycles. The van der Waals surface area contributed by atoms with Crippen LogP contribution in [-0.4, -0.2) is 31.1 Å². The normalized spacial score (nSPS) is 21.9. The number of halogens is 2. The van der Waals surface area contributed by atoms with Crippen molar-refractivity contribution >= 4 is 23.2 Å². The predicted molar refractivity (Wildman–Crippen MR) is 87.8 cm³/mol. The van der Waals surface area contributed by atoms with Crippen LogP contribution in [0.1, 0.15) is 44.2 Å². The van der Waals surface area contributed by atoms with Gasteiger partial charge in [0.1, 0.15) is 0 Å². The van der Waals surface area contributed by atoms with Gasteiger partial charge in [-0.05, 0) is 64.0 Å². The Morgan fingerprint density at radius 3 is 2.85 bits per heavy atom. The third kappa shape index (κ3) is 3.88. The van der Waals surface area contributed by atoms with Gasteiger partial charge in [-0.15, -0.1) is 0 Å². The summed E-state index contributed by atoms with van der Waals surface area (Å²) in [6, 6.07) is 6.85. The SMILES string of the molecule is CNCCC1CCCCN1C(C)c1ccc(Cl)cc1Cl. The van der Waals surface area contributed by atoms with E-state index in [0.717, 1.165) is 18.1 Å². The summed E-state index contributed by atoms with van der Waals surface area (Å²) in [6.07, 6.45) is 5.11. The molecule has 2 rings (SSSR count). The topological polar surface area (TPSA) is 15.3 Å². The molecule has 0 radical (unpaired) electrons. The molecule has 0 saturated carbocycles. The lowest BCUT2D eigenvalue weighted by Gasteiger charge is -2.40. The monoisotopic (exact) mass is 314 g/mol. The van der Waals surface area contributed by atoms with E-state index in [1.54, 1.807) is 0 Å². The van der Waals surface area contributed by atoms with Crippen molar-refractivity contribution in [3.63, 3.8) is 0 Å². The van der Waals surface area contributed by atoms with E-state index < -0.39 is 0 Å². The highest BCUT2D eigenvalue weighted by atomic mass is 35.5. The molecule has 1 aromatic rings. The second-order valence-electron chi connectivity index (χ2n) is 5.62. The Morgan fingerprint density at radius 2 is 2.15 bits per heavy atom. The lowest BCUT2D eigenvalue weighted by molar-refractivity contribution is 0.0972. The molecular formula is C16H24Cl2N2. The van der Waals surface area contributed by atoms with Gasteiger partial charge in [-0.2, -0.15) is 0 Å². The summed E-state index contributed by atoms with van der Waals surface area (Å²) in [5.74, 6) is 0. The molecule has 1 aliphatic rings. The zero-order valence-electron chi connectivity index (χ0n) is 12.3. The Balaban J connectivity index is 2.13. The van der Waals surface area contributed by atoms with Crippen LogP contribution in [0.25, 0.3) is 0 Å². The molecule has 2 nitrogen and oxygen atoms in total. The fourth-order valence-electron chi connectivity index (χ4n) is 3.17. The van der Waals surface area contributed by atoms with E-state index in [1.165, 1.54) is 31.2 Å². The maximum atomic E-state index is 6.37. The average Bonchev–Trinajstić information content (AvgIpc) is 2.45. The van der Waals surface area contributed by atoms with Crippen molar-refractivity contribution in [2.45, 2.75) is 44.7 Å². The molecule has 0 spiro atoms. The van der Waals surface area contributed by atoms with Gasteiger partial charge in [-0.3, -0.25) is 4.90 Å². The van der Waals surface area contributed by atoms with Gasteiger partial charge >= 0.3 is 0 Å². The number of hydrogen-bond donors (Lipinski definition) is 1. The largest absolute Gasteiger partial charge is 0.320 e. The van der Waals surface area contributed by atoms with Crippen molar-refractivity contribution in [1.82, 2.24) is 10.2 Å². The third-order valence-corrected chi connectivity index (χ3v) is 4.87. The minimum atomic E-state index is 0.349. The molecule has 0 amide bonds. The van der Waals surface area contributed by atoms with Gasteiger partial charge in [0.15, 0.2) is 0 Å². The van der Waals surface area contributed by atoms with Gasteiger partial charge in [-0.25, -0.2) is 0 Å². The maximum absolute atomic E-state index is 6.37. The Morgan fingerprint density at radius 1 is 1.35 bits per heavy atom. The highest BCUT2D eigenvalue weighted by molar-refractivity contribution is 6.35. The van der Waals surface area contributed by atoms with Crippen molar-refractivity contribution < 1.29 is 0 Å². The van der Waals surface area contributed by atoms with Gasteiger partial charge in [0.25, 0.3) is 0 Å². The van der Waals surface area contributed by atoms with Crippen molar-refractivity contribution in [3.8, 4) is 0 Å². The number of nitrogens with one attached hydrogen (secondary N) is 1. The molecule has 0 aromatic heterocycles. The van der Waals surface area contributed by atoms with E-state index in [9.17, 15) is 0 Å². The first-order valence-corrected chi connectivity index (χ1v) is 8.24. The van der Waals surface area contributed by atoms with Gasteiger partial charge in [0.05, 0.1) is 0 Å². The van der Waals surface area contributed by atoms with E-state index in [2.05, 4.69) is 23.2 Å². The number of benzene rings is 1. The van der Waals surface area contributed by atoms with Crippen LogP contribution in [0, 0.1) is 0 Å². The predicted octanol–water partition coefficient (Wildman–Crippen LogP) is 4.52. The molecule has 20 heavy (non-hydrogen) atoms. The first-order chi connectivity index (χ1) is 9.63. The van der Waals surface area contributed by atoms with Crippen molar-refractivity contribution in [2.75, 3.05) is 20.1 Å². The standard InChI is InChI=1S/C16H24Cl2N2/c1-12(15-7-6-13(17)11-16(15)18)20-10-4-3-5-14(20)8-9-19-2/h6-7,11-12,14,19H,3-5,8-10H2,1-2H3. The highest BCUT2D eigenvalue weighted by Crippen LogP contribution is 2.34.